The van der Waals surface area contributed by atoms with Gasteiger partial charge in [-0.05, 0) is 24.1 Å². The molecule has 3 rings (SSSR count). The number of rotatable bonds is 5. The Labute approximate surface area is 135 Å². The van der Waals surface area contributed by atoms with Crippen molar-refractivity contribution in [3.63, 3.8) is 0 Å². The monoisotopic (exact) mass is 310 g/mol. The normalized spacial score (nSPS) is 17.7. The summed E-state index contributed by atoms with van der Waals surface area (Å²) in [5.41, 5.74) is 2.66. The van der Waals surface area contributed by atoms with Gasteiger partial charge in [-0.25, -0.2) is 4.79 Å². The smallest absolute Gasteiger partial charge is 0.335 e. The fraction of sp³-hybridized carbons (Fsp3) is 0.211. The third kappa shape index (κ3) is 3.09. The van der Waals surface area contributed by atoms with Crippen LogP contribution in [0.1, 0.15) is 25.3 Å². The molecule has 2 aromatic carbocycles. The molecule has 0 saturated heterocycles. The molecular formula is C19H18O2S. The van der Waals surface area contributed by atoms with Crippen molar-refractivity contribution >= 4 is 23.3 Å². The molecule has 1 heterocycles. The molecule has 22 heavy (non-hydrogen) atoms. The lowest BCUT2D eigenvalue weighted by atomic mass is 9.99. The van der Waals surface area contributed by atoms with Crippen molar-refractivity contribution in [3.8, 4) is 0 Å². The molecule has 0 aromatic heterocycles. The molecule has 0 aliphatic carbocycles. The second kappa shape index (κ2) is 6.84. The number of ether oxygens (including phenoxy) is 1. The summed E-state index contributed by atoms with van der Waals surface area (Å²) in [5.74, 6) is -0.172. The van der Waals surface area contributed by atoms with Crippen LogP contribution in [0.5, 0.6) is 0 Å². The molecule has 2 aromatic rings. The summed E-state index contributed by atoms with van der Waals surface area (Å²) in [5, 5.41) is 0. The summed E-state index contributed by atoms with van der Waals surface area (Å²) in [4.78, 5) is 13.4. The fourth-order valence-electron chi connectivity index (χ4n) is 2.60. The Morgan fingerprint density at radius 1 is 1.00 bits per heavy atom. The van der Waals surface area contributed by atoms with Gasteiger partial charge in [0.15, 0.2) is 5.44 Å². The highest BCUT2D eigenvalue weighted by Gasteiger charge is 2.34. The van der Waals surface area contributed by atoms with Crippen molar-refractivity contribution in [1.82, 2.24) is 0 Å². The van der Waals surface area contributed by atoms with Gasteiger partial charge in [0, 0.05) is 16.0 Å². The molecule has 0 amide bonds. The molecule has 0 spiro atoms. The maximum absolute atomic E-state index is 12.3. The zero-order valence-electron chi connectivity index (χ0n) is 12.5. The molecule has 0 saturated carbocycles. The SMILES string of the molecule is CCCC1=C(c2ccccc2)C(Sc2ccccc2)OC1=O. The predicted octanol–water partition coefficient (Wildman–Crippen LogP) is 4.92. The van der Waals surface area contributed by atoms with Crippen molar-refractivity contribution in [3.05, 3.63) is 71.8 Å². The molecule has 0 radical (unpaired) electrons. The Bertz CT molecular complexity index is 677. The van der Waals surface area contributed by atoms with E-state index in [4.69, 9.17) is 4.74 Å². The lowest BCUT2D eigenvalue weighted by Crippen LogP contribution is -2.06. The van der Waals surface area contributed by atoms with Crippen LogP contribution in [0.3, 0.4) is 0 Å². The summed E-state index contributed by atoms with van der Waals surface area (Å²) < 4.78 is 5.65. The molecule has 1 unspecified atom stereocenters. The number of carbonyl (C=O) groups excluding carboxylic acids is 1. The van der Waals surface area contributed by atoms with E-state index < -0.39 is 0 Å². The van der Waals surface area contributed by atoms with E-state index in [0.29, 0.717) is 0 Å². The second-order valence-electron chi connectivity index (χ2n) is 5.18. The van der Waals surface area contributed by atoms with Crippen LogP contribution in [0, 0.1) is 0 Å². The molecule has 1 aliphatic heterocycles. The van der Waals surface area contributed by atoms with E-state index in [0.717, 1.165) is 34.4 Å². The van der Waals surface area contributed by atoms with Gasteiger partial charge in [-0.2, -0.15) is 0 Å². The summed E-state index contributed by atoms with van der Waals surface area (Å²) in [6, 6.07) is 20.1. The van der Waals surface area contributed by atoms with Crippen molar-refractivity contribution < 1.29 is 9.53 Å². The highest BCUT2D eigenvalue weighted by Crippen LogP contribution is 2.41. The van der Waals surface area contributed by atoms with E-state index in [2.05, 4.69) is 6.92 Å². The van der Waals surface area contributed by atoms with Crippen molar-refractivity contribution in [2.45, 2.75) is 30.1 Å². The third-order valence-corrected chi connectivity index (χ3v) is 4.68. The first-order valence-corrected chi connectivity index (χ1v) is 8.38. The van der Waals surface area contributed by atoms with E-state index in [1.54, 1.807) is 11.8 Å². The van der Waals surface area contributed by atoms with Gasteiger partial charge in [0.25, 0.3) is 0 Å². The maximum Gasteiger partial charge on any atom is 0.335 e. The molecule has 3 heteroatoms. The quantitative estimate of drug-likeness (QED) is 0.734. The number of esters is 1. The van der Waals surface area contributed by atoms with Gasteiger partial charge in [-0.1, -0.05) is 73.6 Å². The summed E-state index contributed by atoms with van der Waals surface area (Å²) in [6.07, 6.45) is 1.69. The minimum Gasteiger partial charge on any atom is -0.443 e. The lowest BCUT2D eigenvalue weighted by Gasteiger charge is -2.14. The van der Waals surface area contributed by atoms with Crippen LogP contribution in [0.25, 0.3) is 5.57 Å². The van der Waals surface area contributed by atoms with Crippen molar-refractivity contribution in [2.24, 2.45) is 0 Å². The van der Waals surface area contributed by atoms with Crippen LogP contribution in [0.4, 0.5) is 0 Å². The molecule has 0 N–H and O–H groups in total. The van der Waals surface area contributed by atoms with E-state index >= 15 is 0 Å². The van der Waals surface area contributed by atoms with Gasteiger partial charge in [-0.15, -0.1) is 0 Å². The average Bonchev–Trinajstić information content (AvgIpc) is 2.85. The molecule has 1 aliphatic rings. The van der Waals surface area contributed by atoms with Gasteiger partial charge < -0.3 is 4.74 Å². The lowest BCUT2D eigenvalue weighted by molar-refractivity contribution is -0.137. The van der Waals surface area contributed by atoms with E-state index in [1.165, 1.54) is 0 Å². The molecule has 0 fully saturated rings. The topological polar surface area (TPSA) is 26.3 Å². The summed E-state index contributed by atoms with van der Waals surface area (Å²) >= 11 is 1.59. The van der Waals surface area contributed by atoms with Gasteiger partial charge in [0.2, 0.25) is 0 Å². The van der Waals surface area contributed by atoms with Crippen LogP contribution < -0.4 is 0 Å². The first-order valence-electron chi connectivity index (χ1n) is 7.50. The maximum atomic E-state index is 12.3. The second-order valence-corrected chi connectivity index (χ2v) is 6.31. The van der Waals surface area contributed by atoms with Gasteiger partial charge in [-0.3, -0.25) is 0 Å². The molecule has 0 bridgehead atoms. The van der Waals surface area contributed by atoms with Gasteiger partial charge >= 0.3 is 5.97 Å². The van der Waals surface area contributed by atoms with E-state index in [-0.39, 0.29) is 11.4 Å². The first-order chi connectivity index (χ1) is 10.8. The largest absolute Gasteiger partial charge is 0.443 e. The molecular weight excluding hydrogens is 292 g/mol. The van der Waals surface area contributed by atoms with Crippen LogP contribution >= 0.6 is 11.8 Å². The average molecular weight is 310 g/mol. The molecule has 112 valence electrons. The third-order valence-electron chi connectivity index (χ3n) is 3.59. The van der Waals surface area contributed by atoms with E-state index in [1.807, 2.05) is 60.7 Å². The predicted molar refractivity (Wildman–Crippen MR) is 90.4 cm³/mol. The van der Waals surface area contributed by atoms with Gasteiger partial charge in [0.05, 0.1) is 0 Å². The fourth-order valence-corrected chi connectivity index (χ4v) is 3.69. The minimum absolute atomic E-state index is 0.172. The number of thioether (sulfide) groups is 1. The first kappa shape index (κ1) is 14.9. The Morgan fingerprint density at radius 2 is 1.64 bits per heavy atom. The van der Waals surface area contributed by atoms with Gasteiger partial charge in [0.1, 0.15) is 0 Å². The highest BCUT2D eigenvalue weighted by atomic mass is 32.2. The van der Waals surface area contributed by atoms with Crippen LogP contribution in [-0.2, 0) is 9.53 Å². The highest BCUT2D eigenvalue weighted by molar-refractivity contribution is 8.00. The Kier molecular flexibility index (Phi) is 4.64. The number of carbonyl (C=O) groups is 1. The number of benzene rings is 2. The molecule has 1 atom stereocenters. The zero-order valence-corrected chi connectivity index (χ0v) is 13.3. The van der Waals surface area contributed by atoms with Crippen molar-refractivity contribution in [2.75, 3.05) is 0 Å². The standard InChI is InChI=1S/C19H18O2S/c1-2-9-16-17(14-10-5-3-6-11-14)19(21-18(16)20)22-15-12-7-4-8-13-15/h3-8,10-13,19H,2,9H2,1H3. The Hall–Kier alpha value is -2.00. The number of hydrogen-bond acceptors (Lipinski definition) is 3. The van der Waals surface area contributed by atoms with Crippen LogP contribution in [-0.4, -0.2) is 11.4 Å². The Morgan fingerprint density at radius 3 is 2.27 bits per heavy atom. The summed E-state index contributed by atoms with van der Waals surface area (Å²) in [7, 11) is 0. The van der Waals surface area contributed by atoms with E-state index in [9.17, 15) is 4.79 Å². The number of cyclic esters (lactones) is 1. The zero-order chi connectivity index (χ0) is 15.4. The Balaban J connectivity index is 1.97. The minimum atomic E-state index is -0.265. The van der Waals surface area contributed by atoms with Crippen molar-refractivity contribution in [1.29, 1.82) is 0 Å². The number of hydrogen-bond donors (Lipinski definition) is 0. The van der Waals surface area contributed by atoms with Crippen LogP contribution in [0.15, 0.2) is 71.1 Å². The molecule has 2 nitrogen and oxygen atoms in total. The van der Waals surface area contributed by atoms with Crippen LogP contribution in [0.2, 0.25) is 0 Å². The summed E-state index contributed by atoms with van der Waals surface area (Å²) in [6.45, 7) is 2.08.